The first-order valence-corrected chi connectivity index (χ1v) is 10.5. The maximum Gasteiger partial charge on any atom is 0.241 e. The van der Waals surface area contributed by atoms with Gasteiger partial charge in [0.15, 0.2) is 0 Å². The Morgan fingerprint density at radius 2 is 2.04 bits per heavy atom. The standard InChI is InChI=1S/C19H24FN3O2S/c1-19(2,20)10-23-26(24,25)18-15-7-14(21)6-12(15)5-13-9-22-17(8-16(13)18)11-3-4-11/h5,8-9,11,14,23H,3-4,6-7,10,21H2,1-2H3. The number of pyridine rings is 1. The van der Waals surface area contributed by atoms with Gasteiger partial charge in [-0.3, -0.25) is 4.98 Å². The van der Waals surface area contributed by atoms with Crippen LogP contribution in [0.5, 0.6) is 0 Å². The molecule has 0 aliphatic heterocycles. The van der Waals surface area contributed by atoms with E-state index in [0.717, 1.165) is 35.0 Å². The summed E-state index contributed by atoms with van der Waals surface area (Å²) < 4.78 is 42.6. The van der Waals surface area contributed by atoms with Crippen LogP contribution in [0.1, 0.15) is 49.4 Å². The predicted molar refractivity (Wildman–Crippen MR) is 99.5 cm³/mol. The van der Waals surface area contributed by atoms with Crippen LogP contribution in [0.4, 0.5) is 4.39 Å². The van der Waals surface area contributed by atoms with Gasteiger partial charge in [0.05, 0.1) is 4.90 Å². The largest absolute Gasteiger partial charge is 0.327 e. The van der Waals surface area contributed by atoms with E-state index < -0.39 is 15.7 Å². The highest BCUT2D eigenvalue weighted by Gasteiger charge is 2.32. The van der Waals surface area contributed by atoms with E-state index >= 15 is 0 Å². The van der Waals surface area contributed by atoms with Crippen molar-refractivity contribution in [3.63, 3.8) is 0 Å². The van der Waals surface area contributed by atoms with Gasteiger partial charge in [0.25, 0.3) is 0 Å². The number of nitrogens with two attached hydrogens (primary N) is 1. The summed E-state index contributed by atoms with van der Waals surface area (Å²) >= 11 is 0. The summed E-state index contributed by atoms with van der Waals surface area (Å²) in [4.78, 5) is 4.77. The Bertz CT molecular complexity index is 978. The lowest BCUT2D eigenvalue weighted by Gasteiger charge is -2.18. The third-order valence-electron chi connectivity index (χ3n) is 5.09. The number of aromatic nitrogens is 1. The van der Waals surface area contributed by atoms with Crippen molar-refractivity contribution in [1.82, 2.24) is 9.71 Å². The lowest BCUT2D eigenvalue weighted by molar-refractivity contribution is 0.221. The Kier molecular flexibility index (Phi) is 4.09. The molecule has 26 heavy (non-hydrogen) atoms. The first-order chi connectivity index (χ1) is 12.1. The Hall–Kier alpha value is -1.57. The SMILES string of the molecule is CC(C)(F)CNS(=O)(=O)c1c2c(cc3cnc(C4CC4)cc13)CC(N)C2. The zero-order valence-electron chi connectivity index (χ0n) is 15.0. The van der Waals surface area contributed by atoms with Crippen molar-refractivity contribution in [2.75, 3.05) is 6.54 Å². The zero-order chi connectivity index (χ0) is 18.7. The van der Waals surface area contributed by atoms with Crippen LogP contribution in [0, 0.1) is 0 Å². The van der Waals surface area contributed by atoms with Gasteiger partial charge in [-0.25, -0.2) is 17.5 Å². The van der Waals surface area contributed by atoms with E-state index in [1.807, 2.05) is 12.1 Å². The summed E-state index contributed by atoms with van der Waals surface area (Å²) in [6.07, 6.45) is 5.09. The quantitative estimate of drug-likeness (QED) is 0.839. The topological polar surface area (TPSA) is 85.1 Å². The van der Waals surface area contributed by atoms with Crippen LogP contribution < -0.4 is 10.5 Å². The van der Waals surface area contributed by atoms with Crippen molar-refractivity contribution < 1.29 is 12.8 Å². The highest BCUT2D eigenvalue weighted by Crippen LogP contribution is 2.41. The molecule has 1 fully saturated rings. The molecule has 4 rings (SSSR count). The summed E-state index contributed by atoms with van der Waals surface area (Å²) in [5.74, 6) is 0.420. The summed E-state index contributed by atoms with van der Waals surface area (Å²) in [6, 6.07) is 3.80. The van der Waals surface area contributed by atoms with E-state index in [9.17, 15) is 12.8 Å². The minimum atomic E-state index is -3.86. The van der Waals surface area contributed by atoms with Crippen molar-refractivity contribution in [3.8, 4) is 0 Å². The van der Waals surface area contributed by atoms with Gasteiger partial charge in [0, 0.05) is 41.2 Å². The lowest BCUT2D eigenvalue weighted by atomic mass is 10.0. The molecule has 7 heteroatoms. The third kappa shape index (κ3) is 3.35. The van der Waals surface area contributed by atoms with Gasteiger partial charge >= 0.3 is 0 Å². The van der Waals surface area contributed by atoms with Crippen LogP contribution in [-0.4, -0.2) is 31.7 Å². The lowest BCUT2D eigenvalue weighted by Crippen LogP contribution is -2.36. The predicted octanol–water partition coefficient (Wildman–Crippen LogP) is 2.56. The van der Waals surface area contributed by atoms with Crippen LogP contribution >= 0.6 is 0 Å². The molecule has 140 valence electrons. The Labute approximate surface area is 153 Å². The molecule has 2 aliphatic carbocycles. The Balaban J connectivity index is 1.90. The minimum absolute atomic E-state index is 0.0933. The van der Waals surface area contributed by atoms with Crippen molar-refractivity contribution in [1.29, 1.82) is 0 Å². The highest BCUT2D eigenvalue weighted by atomic mass is 32.2. The number of nitrogens with zero attached hydrogens (tertiary/aromatic N) is 1. The van der Waals surface area contributed by atoms with E-state index in [1.165, 1.54) is 13.8 Å². The summed E-state index contributed by atoms with van der Waals surface area (Å²) in [5.41, 5.74) is 7.12. The minimum Gasteiger partial charge on any atom is -0.327 e. The number of halogens is 1. The van der Waals surface area contributed by atoms with Gasteiger partial charge in [-0.1, -0.05) is 0 Å². The number of hydrogen-bond acceptors (Lipinski definition) is 4. The zero-order valence-corrected chi connectivity index (χ0v) is 15.9. The van der Waals surface area contributed by atoms with Crippen LogP contribution in [0.25, 0.3) is 10.8 Å². The molecule has 3 N–H and O–H groups in total. The second kappa shape index (κ2) is 5.97. The van der Waals surface area contributed by atoms with Gasteiger partial charge in [0.2, 0.25) is 10.0 Å². The fourth-order valence-corrected chi connectivity index (χ4v) is 5.33. The molecular weight excluding hydrogens is 353 g/mol. The van der Waals surface area contributed by atoms with Crippen molar-refractivity contribution in [3.05, 3.63) is 35.2 Å². The number of rotatable bonds is 5. The average Bonchev–Trinajstić information content (AvgIpc) is 3.31. The summed E-state index contributed by atoms with van der Waals surface area (Å²) in [5, 5.41) is 1.46. The molecule has 2 aromatic rings. The number of hydrogen-bond donors (Lipinski definition) is 2. The normalized spacial score (nSPS) is 20.5. The molecule has 1 atom stereocenters. The first-order valence-electron chi connectivity index (χ1n) is 9.02. The third-order valence-corrected chi connectivity index (χ3v) is 6.62. The van der Waals surface area contributed by atoms with Crippen LogP contribution in [0.3, 0.4) is 0 Å². The maximum atomic E-state index is 13.9. The molecule has 0 amide bonds. The number of alkyl halides is 1. The Morgan fingerprint density at radius 1 is 1.31 bits per heavy atom. The van der Waals surface area contributed by atoms with Gasteiger partial charge in [0.1, 0.15) is 5.67 Å². The van der Waals surface area contributed by atoms with Crippen LogP contribution in [0.2, 0.25) is 0 Å². The second-order valence-electron chi connectivity index (χ2n) is 8.16. The highest BCUT2D eigenvalue weighted by molar-refractivity contribution is 7.89. The fourth-order valence-electron chi connectivity index (χ4n) is 3.65. The number of sulfonamides is 1. The molecule has 1 unspecified atom stereocenters. The van der Waals surface area contributed by atoms with Crippen LogP contribution in [-0.2, 0) is 22.9 Å². The average molecular weight is 377 g/mol. The van der Waals surface area contributed by atoms with Gasteiger partial charge in [-0.15, -0.1) is 0 Å². The number of nitrogens with one attached hydrogen (secondary N) is 1. The molecule has 1 heterocycles. The molecule has 1 saturated carbocycles. The molecule has 0 saturated heterocycles. The van der Waals surface area contributed by atoms with Crippen molar-refractivity contribution in [2.24, 2.45) is 5.73 Å². The molecule has 5 nitrogen and oxygen atoms in total. The number of fused-ring (bicyclic) bond motifs is 2. The van der Waals surface area contributed by atoms with Gasteiger partial charge in [-0.2, -0.15) is 0 Å². The maximum absolute atomic E-state index is 13.9. The van der Waals surface area contributed by atoms with E-state index in [1.54, 1.807) is 6.20 Å². The monoisotopic (exact) mass is 377 g/mol. The summed E-state index contributed by atoms with van der Waals surface area (Å²) in [7, 11) is -3.86. The first kappa shape index (κ1) is 17.8. The van der Waals surface area contributed by atoms with E-state index in [-0.39, 0.29) is 17.5 Å². The molecule has 1 aromatic carbocycles. The smallest absolute Gasteiger partial charge is 0.241 e. The van der Waals surface area contributed by atoms with E-state index in [4.69, 9.17) is 5.73 Å². The molecule has 0 spiro atoms. The van der Waals surface area contributed by atoms with Gasteiger partial charge in [-0.05, 0) is 62.8 Å². The van der Waals surface area contributed by atoms with Crippen LogP contribution in [0.15, 0.2) is 23.2 Å². The fraction of sp³-hybridized carbons (Fsp3) is 0.526. The number of benzene rings is 1. The second-order valence-corrected chi connectivity index (χ2v) is 9.86. The Morgan fingerprint density at radius 3 is 2.69 bits per heavy atom. The molecule has 2 aliphatic rings. The van der Waals surface area contributed by atoms with Crippen molar-refractivity contribution >= 4 is 20.8 Å². The molecule has 0 radical (unpaired) electrons. The molecule has 1 aromatic heterocycles. The molecular formula is C19H24FN3O2S. The van der Waals surface area contributed by atoms with Crippen molar-refractivity contribution in [2.45, 2.75) is 62.1 Å². The summed E-state index contributed by atoms with van der Waals surface area (Å²) in [6.45, 7) is 2.44. The van der Waals surface area contributed by atoms with Gasteiger partial charge < -0.3 is 5.73 Å². The van der Waals surface area contributed by atoms with E-state index in [0.29, 0.717) is 24.1 Å². The molecule has 0 bridgehead atoms. The van der Waals surface area contributed by atoms with E-state index in [2.05, 4.69) is 9.71 Å².